The van der Waals surface area contributed by atoms with E-state index in [0.29, 0.717) is 28.8 Å². The van der Waals surface area contributed by atoms with Gasteiger partial charge in [-0.05, 0) is 23.8 Å². The molecule has 2 aromatic rings. The number of nitrogens with zero attached hydrogens (tertiary/aromatic N) is 2. The summed E-state index contributed by atoms with van der Waals surface area (Å²) in [5.41, 5.74) is 1.69. The van der Waals surface area contributed by atoms with Gasteiger partial charge in [0.05, 0.1) is 10.0 Å². The first kappa shape index (κ1) is 18.7. The zero-order valence-corrected chi connectivity index (χ0v) is 15.6. The molecule has 7 heteroatoms. The minimum absolute atomic E-state index is 0.325. The molecule has 5 nitrogen and oxygen atoms in total. The lowest BCUT2D eigenvalue weighted by Gasteiger charge is -2.34. The number of benzene rings is 2. The highest BCUT2D eigenvalue weighted by Gasteiger charge is 2.26. The molecule has 0 bridgehead atoms. The van der Waals surface area contributed by atoms with Crippen molar-refractivity contribution in [2.45, 2.75) is 6.54 Å². The van der Waals surface area contributed by atoms with Gasteiger partial charge < -0.3 is 10.2 Å². The molecule has 2 aromatic carbocycles. The lowest BCUT2D eigenvalue weighted by atomic mass is 10.2. The summed E-state index contributed by atoms with van der Waals surface area (Å²) < 4.78 is 0. The van der Waals surface area contributed by atoms with E-state index >= 15 is 0 Å². The summed E-state index contributed by atoms with van der Waals surface area (Å²) in [4.78, 5) is 28.4. The van der Waals surface area contributed by atoms with Crippen LogP contribution in [0.25, 0.3) is 0 Å². The maximum Gasteiger partial charge on any atom is 0.313 e. The average molecular weight is 392 g/mol. The standard InChI is InChI=1S/C19H19Cl2N3O2/c20-16-7-6-15(12-17(16)21)22-18(25)19(26)24-10-8-23(9-11-24)13-14-4-2-1-3-5-14/h1-7,12H,8-11,13H2,(H,22,25). The lowest BCUT2D eigenvalue weighted by Crippen LogP contribution is -2.51. The molecule has 0 radical (unpaired) electrons. The van der Waals surface area contributed by atoms with Crippen LogP contribution in [0.1, 0.15) is 5.56 Å². The van der Waals surface area contributed by atoms with Crippen molar-refractivity contribution in [3.05, 3.63) is 64.1 Å². The summed E-state index contributed by atoms with van der Waals surface area (Å²) in [5.74, 6) is -1.20. The summed E-state index contributed by atoms with van der Waals surface area (Å²) in [6, 6.07) is 14.9. The molecule has 0 atom stereocenters. The highest BCUT2D eigenvalue weighted by Crippen LogP contribution is 2.25. The molecule has 1 aliphatic heterocycles. The Morgan fingerprint density at radius 2 is 1.62 bits per heavy atom. The number of rotatable bonds is 3. The Balaban J connectivity index is 1.51. The number of halogens is 2. The van der Waals surface area contributed by atoms with E-state index in [1.165, 1.54) is 11.6 Å². The first-order valence-electron chi connectivity index (χ1n) is 8.34. The van der Waals surface area contributed by atoms with Gasteiger partial charge in [-0.1, -0.05) is 53.5 Å². The smallest absolute Gasteiger partial charge is 0.313 e. The summed E-state index contributed by atoms with van der Waals surface area (Å²) in [5, 5.41) is 3.29. The second-order valence-corrected chi connectivity index (χ2v) is 6.95. The largest absolute Gasteiger partial charge is 0.332 e. The molecule has 1 aliphatic rings. The third-order valence-corrected chi connectivity index (χ3v) is 5.02. The highest BCUT2D eigenvalue weighted by atomic mass is 35.5. The van der Waals surface area contributed by atoms with Crippen molar-refractivity contribution in [1.29, 1.82) is 0 Å². The molecular formula is C19H19Cl2N3O2. The van der Waals surface area contributed by atoms with Crippen LogP contribution in [0.3, 0.4) is 0 Å². The Labute approximate surface area is 162 Å². The van der Waals surface area contributed by atoms with Crippen molar-refractivity contribution in [2.24, 2.45) is 0 Å². The zero-order valence-electron chi connectivity index (χ0n) is 14.1. The molecule has 1 heterocycles. The number of carbonyl (C=O) groups excluding carboxylic acids is 2. The molecule has 26 heavy (non-hydrogen) atoms. The number of hydrogen-bond acceptors (Lipinski definition) is 3. The Hall–Kier alpha value is -2.08. The third kappa shape index (κ3) is 4.75. The average Bonchev–Trinajstić information content (AvgIpc) is 2.65. The molecule has 0 aliphatic carbocycles. The van der Waals surface area contributed by atoms with Gasteiger partial charge in [-0.2, -0.15) is 0 Å². The molecule has 1 N–H and O–H groups in total. The number of anilines is 1. The van der Waals surface area contributed by atoms with Crippen molar-refractivity contribution < 1.29 is 9.59 Å². The molecular weight excluding hydrogens is 373 g/mol. The Morgan fingerprint density at radius 3 is 2.27 bits per heavy atom. The van der Waals surface area contributed by atoms with Gasteiger partial charge in [-0.15, -0.1) is 0 Å². The van der Waals surface area contributed by atoms with Gasteiger partial charge in [-0.25, -0.2) is 0 Å². The van der Waals surface area contributed by atoms with Crippen LogP contribution in [-0.2, 0) is 16.1 Å². The molecule has 0 aromatic heterocycles. The van der Waals surface area contributed by atoms with Crippen molar-refractivity contribution in [3.8, 4) is 0 Å². The van der Waals surface area contributed by atoms with Gasteiger partial charge in [0, 0.05) is 38.4 Å². The minimum Gasteiger partial charge on any atom is -0.332 e. The van der Waals surface area contributed by atoms with Gasteiger partial charge in [0.1, 0.15) is 0 Å². The van der Waals surface area contributed by atoms with E-state index in [4.69, 9.17) is 23.2 Å². The molecule has 0 saturated carbocycles. The molecule has 1 fully saturated rings. The quantitative estimate of drug-likeness (QED) is 0.816. The van der Waals surface area contributed by atoms with Gasteiger partial charge in [0.15, 0.2) is 0 Å². The molecule has 0 unspecified atom stereocenters. The lowest BCUT2D eigenvalue weighted by molar-refractivity contribution is -0.144. The van der Waals surface area contributed by atoms with Gasteiger partial charge in [0.2, 0.25) is 0 Å². The van der Waals surface area contributed by atoms with E-state index < -0.39 is 11.8 Å². The van der Waals surface area contributed by atoms with Crippen LogP contribution in [0.4, 0.5) is 5.69 Å². The van der Waals surface area contributed by atoms with Crippen molar-refractivity contribution in [2.75, 3.05) is 31.5 Å². The van der Waals surface area contributed by atoms with E-state index in [-0.39, 0.29) is 0 Å². The number of carbonyl (C=O) groups is 2. The second-order valence-electron chi connectivity index (χ2n) is 6.14. The number of amides is 2. The van der Waals surface area contributed by atoms with Crippen molar-refractivity contribution in [3.63, 3.8) is 0 Å². The predicted molar refractivity (Wildman–Crippen MR) is 103 cm³/mol. The fraction of sp³-hybridized carbons (Fsp3) is 0.263. The van der Waals surface area contributed by atoms with E-state index in [1.54, 1.807) is 17.0 Å². The Kier molecular flexibility index (Phi) is 6.14. The SMILES string of the molecule is O=C(Nc1ccc(Cl)c(Cl)c1)C(=O)N1CCN(Cc2ccccc2)CC1. The van der Waals surface area contributed by atoms with E-state index in [0.717, 1.165) is 19.6 Å². The van der Waals surface area contributed by atoms with Crippen LogP contribution < -0.4 is 5.32 Å². The first-order valence-corrected chi connectivity index (χ1v) is 9.10. The van der Waals surface area contributed by atoms with Gasteiger partial charge >= 0.3 is 11.8 Å². The van der Waals surface area contributed by atoms with Crippen molar-refractivity contribution >= 4 is 40.7 Å². The molecule has 3 rings (SSSR count). The predicted octanol–water partition coefficient (Wildman–Crippen LogP) is 3.28. The summed E-state index contributed by atoms with van der Waals surface area (Å²) in [6.45, 7) is 3.38. The van der Waals surface area contributed by atoms with Crippen molar-refractivity contribution in [1.82, 2.24) is 9.80 Å². The third-order valence-electron chi connectivity index (χ3n) is 4.28. The summed E-state index contributed by atoms with van der Waals surface area (Å²) >= 11 is 11.8. The number of nitrogens with one attached hydrogen (secondary N) is 1. The van der Waals surface area contributed by atoms with Crippen LogP contribution in [0, 0.1) is 0 Å². The fourth-order valence-electron chi connectivity index (χ4n) is 2.85. The fourth-order valence-corrected chi connectivity index (χ4v) is 3.15. The maximum absolute atomic E-state index is 12.4. The van der Waals surface area contributed by atoms with E-state index in [9.17, 15) is 9.59 Å². The maximum atomic E-state index is 12.4. The molecule has 2 amide bonds. The Bertz CT molecular complexity index is 791. The Morgan fingerprint density at radius 1 is 0.923 bits per heavy atom. The first-order chi connectivity index (χ1) is 12.5. The van der Waals surface area contributed by atoms with Crippen LogP contribution in [0.2, 0.25) is 10.0 Å². The monoisotopic (exact) mass is 391 g/mol. The van der Waals surface area contributed by atoms with Gasteiger partial charge in [-0.3, -0.25) is 14.5 Å². The highest BCUT2D eigenvalue weighted by molar-refractivity contribution is 6.42. The summed E-state index contributed by atoms with van der Waals surface area (Å²) in [6.07, 6.45) is 0. The molecule has 136 valence electrons. The normalized spacial score (nSPS) is 14.9. The van der Waals surface area contributed by atoms with Gasteiger partial charge in [0.25, 0.3) is 0 Å². The molecule has 0 spiro atoms. The van der Waals surface area contributed by atoms with E-state index in [2.05, 4.69) is 22.3 Å². The van der Waals surface area contributed by atoms with Crippen LogP contribution in [0.5, 0.6) is 0 Å². The second kappa shape index (κ2) is 8.54. The molecule has 1 saturated heterocycles. The van der Waals surface area contributed by atoms with Crippen LogP contribution >= 0.6 is 23.2 Å². The summed E-state index contributed by atoms with van der Waals surface area (Å²) in [7, 11) is 0. The minimum atomic E-state index is -0.667. The van der Waals surface area contributed by atoms with Crippen LogP contribution in [-0.4, -0.2) is 47.8 Å². The zero-order chi connectivity index (χ0) is 18.5. The number of piperazine rings is 1. The number of hydrogen-bond donors (Lipinski definition) is 1. The van der Waals surface area contributed by atoms with Crippen LogP contribution in [0.15, 0.2) is 48.5 Å². The topological polar surface area (TPSA) is 52.7 Å². The van der Waals surface area contributed by atoms with E-state index in [1.807, 2.05) is 18.2 Å².